The van der Waals surface area contributed by atoms with Crippen LogP contribution in [-0.4, -0.2) is 55.5 Å². The average molecular weight is 576 g/mol. The lowest BCUT2D eigenvalue weighted by molar-refractivity contribution is -0.143. The molecule has 0 fully saturated rings. The Morgan fingerprint density at radius 2 is 1.62 bits per heavy atom. The zero-order chi connectivity index (χ0) is 28.4. The summed E-state index contributed by atoms with van der Waals surface area (Å²) >= 11 is 1.26. The van der Waals surface area contributed by atoms with Gasteiger partial charge in [0.25, 0.3) is 5.91 Å². The van der Waals surface area contributed by atoms with Crippen molar-refractivity contribution in [2.45, 2.75) is 64.8 Å². The molecule has 0 aliphatic heterocycles. The second kappa shape index (κ2) is 14.4. The molecule has 212 valence electrons. The number of hydrogen-bond donors (Lipinski definition) is 0. The van der Waals surface area contributed by atoms with Gasteiger partial charge in [-0.3, -0.25) is 9.59 Å². The number of esters is 1. The fourth-order valence-corrected chi connectivity index (χ4v) is 6.55. The SMILES string of the molecule is CCCCN(CCCC)S(=O)(=O)c1ccc(C(=O)N=c2sc3cc(OCC)ccc3n2CC(=O)OCC)cc1. The Bertz CT molecular complexity index is 1430. The molecule has 0 N–H and O–H groups in total. The molecule has 0 aliphatic rings. The molecule has 0 spiro atoms. The maximum absolute atomic E-state index is 13.3. The van der Waals surface area contributed by atoms with Crippen LogP contribution in [0.15, 0.2) is 52.4 Å². The highest BCUT2D eigenvalue weighted by Gasteiger charge is 2.24. The van der Waals surface area contributed by atoms with Crippen LogP contribution < -0.4 is 9.54 Å². The van der Waals surface area contributed by atoms with E-state index < -0.39 is 21.9 Å². The normalized spacial score (nSPS) is 12.3. The summed E-state index contributed by atoms with van der Waals surface area (Å²) in [7, 11) is -3.67. The van der Waals surface area contributed by atoms with E-state index in [1.54, 1.807) is 17.6 Å². The molecule has 39 heavy (non-hydrogen) atoms. The Morgan fingerprint density at radius 1 is 0.949 bits per heavy atom. The van der Waals surface area contributed by atoms with E-state index >= 15 is 0 Å². The molecule has 1 amide bonds. The van der Waals surface area contributed by atoms with Crippen LogP contribution in [0.25, 0.3) is 10.2 Å². The quantitative estimate of drug-likeness (QED) is 0.251. The van der Waals surface area contributed by atoms with Gasteiger partial charge in [0.1, 0.15) is 12.3 Å². The number of aromatic nitrogens is 1. The Morgan fingerprint density at radius 3 is 2.21 bits per heavy atom. The molecular weight excluding hydrogens is 538 g/mol. The zero-order valence-corrected chi connectivity index (χ0v) is 24.6. The van der Waals surface area contributed by atoms with Crippen LogP contribution in [-0.2, 0) is 26.1 Å². The average Bonchev–Trinajstić information content (AvgIpc) is 3.24. The topological polar surface area (TPSA) is 107 Å². The Hall–Kier alpha value is -3.02. The van der Waals surface area contributed by atoms with Crippen molar-refractivity contribution in [2.75, 3.05) is 26.3 Å². The van der Waals surface area contributed by atoms with Gasteiger partial charge in [-0.1, -0.05) is 38.0 Å². The van der Waals surface area contributed by atoms with Gasteiger partial charge in [-0.15, -0.1) is 0 Å². The summed E-state index contributed by atoms with van der Waals surface area (Å²) in [6.07, 6.45) is 3.36. The highest BCUT2D eigenvalue weighted by atomic mass is 32.2. The standard InChI is InChI=1S/C28H37N3O6S2/c1-5-9-17-30(18-10-6-2)39(34,35)23-14-11-21(12-15-23)27(33)29-28-31(20-26(32)37-8-4)24-16-13-22(36-7-3)19-25(24)38-28/h11-16,19H,5-10,17-18,20H2,1-4H3. The fourth-order valence-electron chi connectivity index (χ4n) is 3.97. The lowest BCUT2D eigenvalue weighted by atomic mass is 10.2. The number of benzene rings is 2. The van der Waals surface area contributed by atoms with Gasteiger partial charge in [-0.05, 0) is 69.2 Å². The molecule has 0 saturated carbocycles. The van der Waals surface area contributed by atoms with E-state index in [1.165, 1.54) is 39.9 Å². The predicted molar refractivity (Wildman–Crippen MR) is 153 cm³/mol. The summed E-state index contributed by atoms with van der Waals surface area (Å²) < 4.78 is 41.2. The van der Waals surface area contributed by atoms with Crippen molar-refractivity contribution in [3.05, 3.63) is 52.8 Å². The van der Waals surface area contributed by atoms with Gasteiger partial charge < -0.3 is 14.0 Å². The highest BCUT2D eigenvalue weighted by molar-refractivity contribution is 7.89. The highest BCUT2D eigenvalue weighted by Crippen LogP contribution is 2.24. The number of nitrogens with zero attached hydrogens (tertiary/aromatic N) is 3. The van der Waals surface area contributed by atoms with Crippen LogP contribution in [0.1, 0.15) is 63.7 Å². The molecule has 9 nitrogen and oxygen atoms in total. The number of carbonyl (C=O) groups is 2. The van der Waals surface area contributed by atoms with E-state index in [2.05, 4.69) is 4.99 Å². The molecule has 0 unspecified atom stereocenters. The second-order valence-electron chi connectivity index (χ2n) is 8.89. The molecule has 0 radical (unpaired) electrons. The number of unbranched alkanes of at least 4 members (excludes halogenated alkanes) is 2. The number of thiazole rings is 1. The van der Waals surface area contributed by atoms with Gasteiger partial charge in [0.05, 0.1) is 28.3 Å². The molecule has 0 bridgehead atoms. The van der Waals surface area contributed by atoms with E-state index in [4.69, 9.17) is 9.47 Å². The van der Waals surface area contributed by atoms with Crippen LogP contribution in [0.2, 0.25) is 0 Å². The van der Waals surface area contributed by atoms with Crippen LogP contribution in [0.3, 0.4) is 0 Å². The number of rotatable bonds is 14. The predicted octanol–water partition coefficient (Wildman–Crippen LogP) is 5.00. The van der Waals surface area contributed by atoms with Crippen molar-refractivity contribution < 1.29 is 27.5 Å². The molecule has 0 saturated heterocycles. The van der Waals surface area contributed by atoms with Crippen LogP contribution in [0.5, 0.6) is 5.75 Å². The third kappa shape index (κ3) is 7.77. The minimum absolute atomic E-state index is 0.101. The van der Waals surface area contributed by atoms with Gasteiger partial charge in [0.15, 0.2) is 4.80 Å². The monoisotopic (exact) mass is 575 g/mol. The number of carbonyl (C=O) groups excluding carboxylic acids is 2. The molecule has 2 aromatic carbocycles. The van der Waals surface area contributed by atoms with Crippen LogP contribution in [0.4, 0.5) is 0 Å². The zero-order valence-electron chi connectivity index (χ0n) is 23.0. The van der Waals surface area contributed by atoms with Crippen molar-refractivity contribution in [2.24, 2.45) is 4.99 Å². The summed E-state index contributed by atoms with van der Waals surface area (Å²) in [5.41, 5.74) is 0.974. The lowest BCUT2D eigenvalue weighted by Gasteiger charge is -2.22. The van der Waals surface area contributed by atoms with Gasteiger partial charge in [0, 0.05) is 18.7 Å². The van der Waals surface area contributed by atoms with E-state index in [-0.39, 0.29) is 23.6 Å². The maximum atomic E-state index is 13.3. The lowest BCUT2D eigenvalue weighted by Crippen LogP contribution is -2.33. The Balaban J connectivity index is 1.95. The fraction of sp³-hybridized carbons (Fsp3) is 0.464. The third-order valence-corrected chi connectivity index (χ3v) is 8.97. The maximum Gasteiger partial charge on any atom is 0.326 e. The number of ether oxygens (including phenoxy) is 2. The van der Waals surface area contributed by atoms with Crippen molar-refractivity contribution in [1.82, 2.24) is 8.87 Å². The minimum atomic E-state index is -3.67. The molecule has 0 aliphatic carbocycles. The van der Waals surface area contributed by atoms with Crippen molar-refractivity contribution in [1.29, 1.82) is 0 Å². The first-order valence-electron chi connectivity index (χ1n) is 13.4. The Kier molecular flexibility index (Phi) is 11.3. The van der Waals surface area contributed by atoms with Gasteiger partial charge in [-0.25, -0.2) is 8.42 Å². The molecule has 3 rings (SSSR count). The molecule has 3 aromatic rings. The van der Waals surface area contributed by atoms with Gasteiger partial charge in [-0.2, -0.15) is 9.30 Å². The number of fused-ring (bicyclic) bond motifs is 1. The molecular formula is C28H37N3O6S2. The number of hydrogen-bond acceptors (Lipinski definition) is 7. The van der Waals surface area contributed by atoms with Crippen molar-refractivity contribution in [3.63, 3.8) is 0 Å². The van der Waals surface area contributed by atoms with Gasteiger partial charge >= 0.3 is 5.97 Å². The van der Waals surface area contributed by atoms with Crippen molar-refractivity contribution in [3.8, 4) is 5.75 Å². The van der Waals surface area contributed by atoms with E-state index in [9.17, 15) is 18.0 Å². The number of amides is 1. The van der Waals surface area contributed by atoms with Gasteiger partial charge in [0.2, 0.25) is 10.0 Å². The third-order valence-electron chi connectivity index (χ3n) is 6.02. The molecule has 0 atom stereocenters. The second-order valence-corrected chi connectivity index (χ2v) is 11.8. The number of sulfonamides is 1. The van der Waals surface area contributed by atoms with E-state index in [0.29, 0.717) is 30.2 Å². The molecule has 1 heterocycles. The first-order valence-corrected chi connectivity index (χ1v) is 15.6. The Labute approximate surface area is 234 Å². The molecule has 11 heteroatoms. The molecule has 1 aromatic heterocycles. The first kappa shape index (κ1) is 30.5. The smallest absolute Gasteiger partial charge is 0.326 e. The summed E-state index contributed by atoms with van der Waals surface area (Å²) in [5, 5.41) is 0. The van der Waals surface area contributed by atoms with Crippen LogP contribution in [0, 0.1) is 0 Å². The summed E-state index contributed by atoms with van der Waals surface area (Å²) in [5.74, 6) is -0.302. The first-order chi connectivity index (χ1) is 18.7. The van der Waals surface area contributed by atoms with Crippen LogP contribution >= 0.6 is 11.3 Å². The summed E-state index contributed by atoms with van der Waals surface area (Å²) in [6.45, 7) is 9.26. The largest absolute Gasteiger partial charge is 0.494 e. The van der Waals surface area contributed by atoms with E-state index in [1.807, 2.05) is 32.9 Å². The van der Waals surface area contributed by atoms with E-state index in [0.717, 1.165) is 35.9 Å². The summed E-state index contributed by atoms with van der Waals surface area (Å²) in [4.78, 5) is 30.2. The van der Waals surface area contributed by atoms with Crippen molar-refractivity contribution >= 4 is 43.5 Å². The minimum Gasteiger partial charge on any atom is -0.494 e. The summed E-state index contributed by atoms with van der Waals surface area (Å²) in [6, 6.07) is 11.3.